The average Bonchev–Trinajstić information content (AvgIpc) is 3.50. The van der Waals surface area contributed by atoms with E-state index in [-0.39, 0.29) is 31.1 Å². The summed E-state index contributed by atoms with van der Waals surface area (Å²) in [6.45, 7) is 4.16. The number of nitrogens with one attached hydrogen (secondary N) is 1. The smallest absolute Gasteiger partial charge is 0.165 e. The highest BCUT2D eigenvalue weighted by Crippen LogP contribution is 2.36. The monoisotopic (exact) mass is 508 g/mol. The molecule has 1 aliphatic carbocycles. The number of benzene rings is 1. The van der Waals surface area contributed by atoms with Gasteiger partial charge in [0, 0.05) is 36.0 Å². The molecule has 1 aliphatic rings. The fourth-order valence-electron chi connectivity index (χ4n) is 4.90. The first-order valence-electron chi connectivity index (χ1n) is 12.8. The first-order chi connectivity index (χ1) is 17.9. The summed E-state index contributed by atoms with van der Waals surface area (Å²) >= 11 is 0. The number of pyridine rings is 1. The zero-order chi connectivity index (χ0) is 26.0. The molecule has 1 atom stereocenters. The summed E-state index contributed by atoms with van der Waals surface area (Å²) in [6.07, 6.45) is 8.65. The van der Waals surface area contributed by atoms with Crippen LogP contribution in [-0.4, -0.2) is 59.6 Å². The lowest BCUT2D eigenvalue weighted by Crippen LogP contribution is -2.34. The molecule has 1 unspecified atom stereocenters. The van der Waals surface area contributed by atoms with Crippen LogP contribution in [0.4, 0.5) is 10.2 Å². The number of ether oxygens (including phenoxy) is 1. The van der Waals surface area contributed by atoms with Gasteiger partial charge in [-0.1, -0.05) is 12.1 Å². The van der Waals surface area contributed by atoms with Crippen LogP contribution in [0.1, 0.15) is 45.6 Å². The van der Waals surface area contributed by atoms with Crippen molar-refractivity contribution in [3.8, 4) is 17.0 Å². The minimum atomic E-state index is -1.27. The molecule has 3 aromatic heterocycles. The van der Waals surface area contributed by atoms with Gasteiger partial charge in [0.05, 0.1) is 37.0 Å². The minimum absolute atomic E-state index is 0.0361. The molecule has 0 radical (unpaired) electrons. The molecule has 0 bridgehead atoms. The van der Waals surface area contributed by atoms with E-state index in [0.29, 0.717) is 5.75 Å². The van der Waals surface area contributed by atoms with E-state index in [2.05, 4.69) is 20.1 Å². The van der Waals surface area contributed by atoms with E-state index in [1.54, 1.807) is 36.0 Å². The quantitative estimate of drug-likeness (QED) is 0.311. The van der Waals surface area contributed by atoms with Crippen molar-refractivity contribution < 1.29 is 19.3 Å². The van der Waals surface area contributed by atoms with Crippen molar-refractivity contribution in [2.75, 3.05) is 18.5 Å². The molecule has 5 rings (SSSR count). The second kappa shape index (κ2) is 10.5. The molecule has 0 saturated heterocycles. The van der Waals surface area contributed by atoms with Crippen LogP contribution >= 0.6 is 0 Å². The van der Waals surface area contributed by atoms with Crippen LogP contribution in [0, 0.1) is 5.82 Å². The molecule has 1 saturated carbocycles. The van der Waals surface area contributed by atoms with Crippen molar-refractivity contribution >= 4 is 16.7 Å². The van der Waals surface area contributed by atoms with E-state index in [1.807, 2.05) is 25.4 Å². The third-order valence-electron chi connectivity index (χ3n) is 6.82. The number of hydrogen-bond acceptors (Lipinski definition) is 7. The Bertz CT molecular complexity index is 1360. The van der Waals surface area contributed by atoms with Crippen molar-refractivity contribution in [3.63, 3.8) is 0 Å². The van der Waals surface area contributed by atoms with Gasteiger partial charge in [-0.05, 0) is 51.7 Å². The number of fused-ring (bicyclic) bond motifs is 1. The second-order valence-corrected chi connectivity index (χ2v) is 9.97. The van der Waals surface area contributed by atoms with E-state index < -0.39 is 5.60 Å². The molecule has 4 aromatic rings. The summed E-state index contributed by atoms with van der Waals surface area (Å²) in [6, 6.07) is 8.72. The number of hydrogen-bond donors (Lipinski definition) is 3. The summed E-state index contributed by atoms with van der Waals surface area (Å²) in [5.74, 6) is 0.752. The van der Waals surface area contributed by atoms with Gasteiger partial charge in [-0.15, -0.1) is 0 Å². The van der Waals surface area contributed by atoms with Gasteiger partial charge in [0.15, 0.2) is 11.6 Å². The minimum Gasteiger partial charge on any atom is -0.487 e. The van der Waals surface area contributed by atoms with Gasteiger partial charge < -0.3 is 20.3 Å². The van der Waals surface area contributed by atoms with Crippen molar-refractivity contribution in [3.05, 3.63) is 54.7 Å². The molecule has 3 heterocycles. The van der Waals surface area contributed by atoms with E-state index in [1.165, 1.54) is 6.07 Å². The normalized spacial score (nSPS) is 19.6. The maximum absolute atomic E-state index is 14.1. The molecule has 1 fully saturated rings. The Labute approximate surface area is 214 Å². The molecular weight excluding hydrogens is 475 g/mol. The predicted molar refractivity (Wildman–Crippen MR) is 139 cm³/mol. The number of aliphatic hydroxyl groups excluding tert-OH is 1. The Morgan fingerprint density at radius 3 is 2.70 bits per heavy atom. The lowest BCUT2D eigenvalue weighted by molar-refractivity contribution is -0.0145. The van der Waals surface area contributed by atoms with E-state index in [9.17, 15) is 14.6 Å². The summed E-state index contributed by atoms with van der Waals surface area (Å²) in [5.41, 5.74) is 1.29. The molecule has 0 aliphatic heterocycles. The molecule has 196 valence electrons. The SMILES string of the molecule is CCNc1cc2c(cn1)c(-c1cnn(CC(C)(O)CO)c1)nn2C1CCC(Oc2ccccc2F)CC1. The van der Waals surface area contributed by atoms with Crippen LogP contribution in [0.5, 0.6) is 5.75 Å². The maximum atomic E-state index is 14.1. The Morgan fingerprint density at radius 1 is 1.19 bits per heavy atom. The highest BCUT2D eigenvalue weighted by atomic mass is 19.1. The van der Waals surface area contributed by atoms with Crippen LogP contribution in [0.15, 0.2) is 48.9 Å². The zero-order valence-electron chi connectivity index (χ0n) is 21.1. The van der Waals surface area contributed by atoms with Crippen molar-refractivity contribution in [2.24, 2.45) is 0 Å². The summed E-state index contributed by atoms with van der Waals surface area (Å²) in [4.78, 5) is 4.57. The zero-order valence-corrected chi connectivity index (χ0v) is 21.1. The number of aliphatic hydroxyl groups is 2. The number of para-hydroxylation sites is 1. The van der Waals surface area contributed by atoms with Crippen LogP contribution < -0.4 is 10.1 Å². The van der Waals surface area contributed by atoms with E-state index in [4.69, 9.17) is 9.84 Å². The highest BCUT2D eigenvalue weighted by molar-refractivity contribution is 5.93. The van der Waals surface area contributed by atoms with Crippen molar-refractivity contribution in [1.82, 2.24) is 24.5 Å². The van der Waals surface area contributed by atoms with Crippen LogP contribution in [0.2, 0.25) is 0 Å². The van der Waals surface area contributed by atoms with E-state index >= 15 is 0 Å². The second-order valence-electron chi connectivity index (χ2n) is 9.97. The van der Waals surface area contributed by atoms with Gasteiger partial charge in [-0.3, -0.25) is 9.36 Å². The molecule has 0 spiro atoms. The highest BCUT2D eigenvalue weighted by Gasteiger charge is 2.28. The Morgan fingerprint density at radius 2 is 1.97 bits per heavy atom. The Balaban J connectivity index is 1.41. The lowest BCUT2D eigenvalue weighted by Gasteiger charge is -2.29. The average molecular weight is 509 g/mol. The van der Waals surface area contributed by atoms with Gasteiger partial charge in [-0.25, -0.2) is 9.37 Å². The van der Waals surface area contributed by atoms with Crippen molar-refractivity contribution in [2.45, 2.75) is 63.8 Å². The fourth-order valence-corrected chi connectivity index (χ4v) is 4.90. The lowest BCUT2D eigenvalue weighted by atomic mass is 9.93. The summed E-state index contributed by atoms with van der Waals surface area (Å²) in [5, 5.41) is 33.2. The number of aromatic nitrogens is 5. The van der Waals surface area contributed by atoms with Crippen molar-refractivity contribution in [1.29, 1.82) is 0 Å². The summed E-state index contributed by atoms with van der Waals surface area (Å²) < 4.78 is 23.7. The van der Waals surface area contributed by atoms with Gasteiger partial charge in [0.2, 0.25) is 0 Å². The molecule has 37 heavy (non-hydrogen) atoms. The third-order valence-corrected chi connectivity index (χ3v) is 6.82. The molecular formula is C27H33FN6O3. The van der Waals surface area contributed by atoms with E-state index in [0.717, 1.165) is 60.2 Å². The molecule has 10 heteroatoms. The fraction of sp³-hybridized carbons (Fsp3) is 0.444. The number of halogens is 1. The molecule has 9 nitrogen and oxygen atoms in total. The Kier molecular flexibility index (Phi) is 7.12. The number of anilines is 1. The standard InChI is InChI=1S/C27H33FN6O3/c1-3-29-25-12-23-21(14-30-25)26(18-13-31-33(15-18)16-27(2,36)17-35)32-34(23)19-8-10-20(11-9-19)37-24-7-5-4-6-22(24)28/h4-7,12-15,19-20,35-36H,3,8-11,16-17H2,1-2H3,(H,29,30). The first-order valence-corrected chi connectivity index (χ1v) is 12.8. The number of nitrogens with zero attached hydrogens (tertiary/aromatic N) is 5. The first kappa shape index (κ1) is 25.2. The summed E-state index contributed by atoms with van der Waals surface area (Å²) in [7, 11) is 0. The maximum Gasteiger partial charge on any atom is 0.165 e. The topological polar surface area (TPSA) is 110 Å². The molecule has 1 aromatic carbocycles. The van der Waals surface area contributed by atoms with Crippen LogP contribution in [0.25, 0.3) is 22.2 Å². The van der Waals surface area contributed by atoms with Gasteiger partial charge in [0.1, 0.15) is 17.1 Å². The molecule has 3 N–H and O–H groups in total. The number of rotatable bonds is 9. The Hall–Kier alpha value is -3.50. The largest absolute Gasteiger partial charge is 0.487 e. The van der Waals surface area contributed by atoms with Crippen LogP contribution in [-0.2, 0) is 6.54 Å². The van der Waals surface area contributed by atoms with Gasteiger partial charge in [0.25, 0.3) is 0 Å². The molecule has 0 amide bonds. The predicted octanol–water partition coefficient (Wildman–Crippen LogP) is 4.17. The third kappa shape index (κ3) is 5.45. The van der Waals surface area contributed by atoms with Gasteiger partial charge >= 0.3 is 0 Å². The van der Waals surface area contributed by atoms with Gasteiger partial charge in [-0.2, -0.15) is 10.2 Å². The van der Waals surface area contributed by atoms with Crippen LogP contribution in [0.3, 0.4) is 0 Å².